The molecule has 7 nitrogen and oxygen atoms in total. The summed E-state index contributed by atoms with van der Waals surface area (Å²) in [6, 6.07) is 15.0. The maximum absolute atomic E-state index is 13.9. The molecule has 5 rings (SSSR count). The largest absolute Gasteiger partial charge is 0.468 e. The lowest BCUT2D eigenvalue weighted by Gasteiger charge is -2.44. The van der Waals surface area contributed by atoms with Gasteiger partial charge in [0.1, 0.15) is 11.0 Å². The standard InChI is InChI=1S/C24H23ClN4O3/c1-28-13-19(16-7-9-17(25)10-8-16)23(22(31)32-2,14-29-12-11-26-15-29)24(28)18-5-3-4-6-20(18)27-21(24)30/h3-12,15,19H,13-14H2,1-2H3,(H,27,30)/t19-,23+,24+/m0/s1. The molecular formula is C24H23ClN4O3. The second-order valence-electron chi connectivity index (χ2n) is 8.39. The number of nitrogens with one attached hydrogen (secondary N) is 1. The maximum Gasteiger partial charge on any atom is 0.317 e. The fourth-order valence-electron chi connectivity index (χ4n) is 5.74. The Kier molecular flexibility index (Phi) is 4.83. The Labute approximate surface area is 191 Å². The lowest BCUT2D eigenvalue weighted by molar-refractivity contribution is -0.165. The van der Waals surface area contributed by atoms with Gasteiger partial charge in [-0.05, 0) is 30.8 Å². The van der Waals surface area contributed by atoms with Gasteiger partial charge in [-0.25, -0.2) is 4.98 Å². The van der Waals surface area contributed by atoms with Gasteiger partial charge in [-0.1, -0.05) is 41.9 Å². The number of likely N-dealkylation sites (tertiary alicyclic amines) is 1. The molecule has 2 aliphatic rings. The van der Waals surface area contributed by atoms with E-state index in [9.17, 15) is 9.59 Å². The van der Waals surface area contributed by atoms with Gasteiger partial charge in [0.15, 0.2) is 0 Å². The Morgan fingerprint density at radius 2 is 2.00 bits per heavy atom. The molecule has 0 aliphatic carbocycles. The molecule has 3 aromatic rings. The molecule has 0 radical (unpaired) electrons. The molecule has 1 saturated heterocycles. The van der Waals surface area contributed by atoms with Gasteiger partial charge in [-0.15, -0.1) is 0 Å². The number of aromatic nitrogens is 2. The molecule has 8 heteroatoms. The number of anilines is 1. The third-order valence-electron chi connectivity index (χ3n) is 6.98. The molecule has 32 heavy (non-hydrogen) atoms. The van der Waals surface area contributed by atoms with Crippen molar-refractivity contribution in [2.24, 2.45) is 5.41 Å². The molecule has 2 aliphatic heterocycles. The minimum atomic E-state index is -1.26. The van der Waals surface area contributed by atoms with Crippen LogP contribution in [0.4, 0.5) is 5.69 Å². The van der Waals surface area contributed by atoms with E-state index in [-0.39, 0.29) is 18.4 Å². The topological polar surface area (TPSA) is 76.5 Å². The number of likely N-dealkylation sites (N-methyl/N-ethyl adjacent to an activating group) is 1. The average molecular weight is 451 g/mol. The number of carbonyl (C=O) groups excluding carboxylic acids is 2. The Morgan fingerprint density at radius 1 is 1.25 bits per heavy atom. The number of halogens is 1. The van der Waals surface area contributed by atoms with Crippen LogP contribution < -0.4 is 5.32 Å². The molecule has 1 spiro atoms. The average Bonchev–Trinajstić information content (AvgIpc) is 3.47. The number of ether oxygens (including phenoxy) is 1. The van der Waals surface area contributed by atoms with Crippen molar-refractivity contribution in [3.63, 3.8) is 0 Å². The van der Waals surface area contributed by atoms with Crippen molar-refractivity contribution in [3.05, 3.63) is 83.4 Å². The fourth-order valence-corrected chi connectivity index (χ4v) is 5.86. The number of hydrogen-bond donors (Lipinski definition) is 1. The zero-order valence-corrected chi connectivity index (χ0v) is 18.5. The summed E-state index contributed by atoms with van der Waals surface area (Å²) in [6.07, 6.45) is 5.12. The zero-order valence-electron chi connectivity index (χ0n) is 17.8. The van der Waals surface area contributed by atoms with E-state index in [0.29, 0.717) is 17.3 Å². The van der Waals surface area contributed by atoms with Crippen LogP contribution in [0.15, 0.2) is 67.3 Å². The summed E-state index contributed by atoms with van der Waals surface area (Å²) in [6.45, 7) is 0.701. The van der Waals surface area contributed by atoms with Crippen LogP contribution in [0.2, 0.25) is 5.02 Å². The van der Waals surface area contributed by atoms with Crippen molar-refractivity contribution in [2.75, 3.05) is 26.0 Å². The first-order chi connectivity index (χ1) is 15.4. The second kappa shape index (κ2) is 7.46. The molecule has 0 bridgehead atoms. The lowest BCUT2D eigenvalue weighted by Crippen LogP contribution is -2.60. The number of benzene rings is 2. The minimum absolute atomic E-state index is 0.221. The van der Waals surface area contributed by atoms with Crippen LogP contribution in [-0.2, 0) is 26.4 Å². The van der Waals surface area contributed by atoms with Crippen LogP contribution in [0.1, 0.15) is 17.0 Å². The Bertz CT molecular complexity index is 1180. The number of amides is 1. The summed E-state index contributed by atoms with van der Waals surface area (Å²) in [5.41, 5.74) is -0.122. The van der Waals surface area contributed by atoms with E-state index in [1.807, 2.05) is 65.0 Å². The zero-order chi connectivity index (χ0) is 22.5. The number of hydrogen-bond acceptors (Lipinski definition) is 5. The molecule has 2 aromatic carbocycles. The predicted octanol–water partition coefficient (Wildman–Crippen LogP) is 3.27. The number of rotatable bonds is 4. The summed E-state index contributed by atoms with van der Waals surface area (Å²) in [5, 5.41) is 3.63. The van der Waals surface area contributed by atoms with Crippen LogP contribution in [-0.4, -0.2) is 47.0 Å². The van der Waals surface area contributed by atoms with E-state index in [1.54, 1.807) is 18.7 Å². The number of imidazole rings is 1. The first-order valence-corrected chi connectivity index (χ1v) is 10.7. The van der Waals surface area contributed by atoms with Gasteiger partial charge >= 0.3 is 5.97 Å². The molecule has 0 saturated carbocycles. The van der Waals surface area contributed by atoms with E-state index in [0.717, 1.165) is 11.1 Å². The fraction of sp³-hybridized carbons (Fsp3) is 0.292. The van der Waals surface area contributed by atoms with Gasteiger partial charge in [-0.3, -0.25) is 14.5 Å². The van der Waals surface area contributed by atoms with Gasteiger partial charge in [0.05, 0.1) is 13.4 Å². The highest BCUT2D eigenvalue weighted by Gasteiger charge is 2.74. The molecular weight excluding hydrogens is 428 g/mol. The van der Waals surface area contributed by atoms with E-state index in [4.69, 9.17) is 16.3 Å². The summed E-state index contributed by atoms with van der Waals surface area (Å²) in [7, 11) is 3.27. The molecule has 164 valence electrons. The van der Waals surface area contributed by atoms with Gasteiger partial charge in [-0.2, -0.15) is 0 Å². The Morgan fingerprint density at radius 3 is 2.69 bits per heavy atom. The number of fused-ring (bicyclic) bond motifs is 2. The third kappa shape index (κ3) is 2.61. The molecule has 1 aromatic heterocycles. The highest BCUT2D eigenvalue weighted by atomic mass is 35.5. The van der Waals surface area contributed by atoms with Crippen LogP contribution in [0.5, 0.6) is 0 Å². The summed E-state index contributed by atoms with van der Waals surface area (Å²) < 4.78 is 7.30. The molecule has 1 N–H and O–H groups in total. The van der Waals surface area contributed by atoms with Crippen molar-refractivity contribution in [1.29, 1.82) is 0 Å². The van der Waals surface area contributed by atoms with E-state index < -0.39 is 16.9 Å². The van der Waals surface area contributed by atoms with Gasteiger partial charge in [0, 0.05) is 47.7 Å². The lowest BCUT2D eigenvalue weighted by atomic mass is 9.60. The minimum Gasteiger partial charge on any atom is -0.468 e. The smallest absolute Gasteiger partial charge is 0.317 e. The highest BCUT2D eigenvalue weighted by Crippen LogP contribution is 2.63. The number of nitrogens with zero attached hydrogens (tertiary/aromatic N) is 3. The van der Waals surface area contributed by atoms with E-state index in [2.05, 4.69) is 10.3 Å². The first-order valence-electron chi connectivity index (χ1n) is 10.4. The summed E-state index contributed by atoms with van der Waals surface area (Å²) >= 11 is 6.16. The number of methoxy groups -OCH3 is 1. The predicted molar refractivity (Wildman–Crippen MR) is 120 cm³/mol. The number of esters is 1. The number of para-hydroxylation sites is 1. The monoisotopic (exact) mass is 450 g/mol. The van der Waals surface area contributed by atoms with Crippen molar-refractivity contribution < 1.29 is 14.3 Å². The number of carbonyl (C=O) groups is 2. The van der Waals surface area contributed by atoms with Crippen LogP contribution in [0, 0.1) is 5.41 Å². The molecule has 0 unspecified atom stereocenters. The van der Waals surface area contributed by atoms with Gasteiger partial charge in [0.2, 0.25) is 0 Å². The van der Waals surface area contributed by atoms with Crippen molar-refractivity contribution in [2.45, 2.75) is 18.0 Å². The van der Waals surface area contributed by atoms with Gasteiger partial charge < -0.3 is 14.6 Å². The molecule has 1 amide bonds. The van der Waals surface area contributed by atoms with Crippen LogP contribution in [0.25, 0.3) is 0 Å². The van der Waals surface area contributed by atoms with Crippen LogP contribution >= 0.6 is 11.6 Å². The van der Waals surface area contributed by atoms with Crippen LogP contribution in [0.3, 0.4) is 0 Å². The normalized spacial score (nSPS) is 26.8. The van der Waals surface area contributed by atoms with Crippen molar-refractivity contribution in [1.82, 2.24) is 14.5 Å². The first kappa shape index (κ1) is 20.7. The SMILES string of the molecule is COC(=O)[C@@]1(Cn2ccnc2)[C@H](c2ccc(Cl)cc2)CN(C)[C@]12C(=O)Nc1ccccc12. The van der Waals surface area contributed by atoms with E-state index in [1.165, 1.54) is 7.11 Å². The summed E-state index contributed by atoms with van der Waals surface area (Å²) in [4.78, 5) is 33.9. The van der Waals surface area contributed by atoms with E-state index >= 15 is 0 Å². The second-order valence-corrected chi connectivity index (χ2v) is 8.83. The molecule has 3 heterocycles. The molecule has 3 atom stereocenters. The maximum atomic E-state index is 13.9. The third-order valence-corrected chi connectivity index (χ3v) is 7.23. The highest BCUT2D eigenvalue weighted by molar-refractivity contribution is 6.30. The Balaban J connectivity index is 1.83. The van der Waals surface area contributed by atoms with Crippen molar-refractivity contribution >= 4 is 29.2 Å². The van der Waals surface area contributed by atoms with Crippen molar-refractivity contribution in [3.8, 4) is 0 Å². The Hall–Kier alpha value is -3.16. The van der Waals surface area contributed by atoms with Gasteiger partial charge in [0.25, 0.3) is 5.91 Å². The quantitative estimate of drug-likeness (QED) is 0.617. The summed E-state index contributed by atoms with van der Waals surface area (Å²) in [5.74, 6) is -1.01. The molecule has 1 fully saturated rings.